The summed E-state index contributed by atoms with van der Waals surface area (Å²) in [6.45, 7) is 2.82. The van der Waals surface area contributed by atoms with Gasteiger partial charge in [-0.3, -0.25) is 0 Å². The van der Waals surface area contributed by atoms with Crippen LogP contribution in [0.15, 0.2) is 165 Å². The van der Waals surface area contributed by atoms with Gasteiger partial charge in [0.2, 0.25) is 0 Å². The summed E-state index contributed by atoms with van der Waals surface area (Å²) >= 11 is 0. The molecule has 1 atom stereocenters. The summed E-state index contributed by atoms with van der Waals surface area (Å²) in [5.74, 6) is 3.12. The van der Waals surface area contributed by atoms with Gasteiger partial charge in [0, 0.05) is 0 Å². The van der Waals surface area contributed by atoms with E-state index in [-0.39, 0.29) is 0 Å². The Bertz CT molecular complexity index is 2580. The van der Waals surface area contributed by atoms with E-state index in [4.69, 9.17) is 69.4 Å². The number of aryl methyl sites for hydroxylation is 5. The van der Waals surface area contributed by atoms with E-state index in [0.29, 0.717) is 99.3 Å². The van der Waals surface area contributed by atoms with Gasteiger partial charge in [0.25, 0.3) is 0 Å². The molecule has 0 aromatic heterocycles. The average Bonchev–Trinajstić information content (AvgIpc) is 3.39. The van der Waals surface area contributed by atoms with Crippen molar-refractivity contribution in [2.45, 2.75) is 96.3 Å². The Labute approximate surface area is 433 Å². The molecule has 0 spiro atoms. The van der Waals surface area contributed by atoms with Crippen molar-refractivity contribution in [3.8, 4) is 34.5 Å². The molecule has 14 nitrogen and oxygen atoms in total. The number of hydrogen-bond donors (Lipinski definition) is 5. The highest BCUT2D eigenvalue weighted by Crippen LogP contribution is 2.79. The van der Waals surface area contributed by atoms with Crippen LogP contribution in [0.3, 0.4) is 0 Å². The summed E-state index contributed by atoms with van der Waals surface area (Å²) in [5, 5.41) is 0. The molecule has 0 saturated heterocycles. The molecule has 0 radical (unpaired) electrons. The Morgan fingerprint density at radius 1 is 0.260 bits per heavy atom. The Morgan fingerprint density at radius 2 is 0.479 bits per heavy atom. The van der Waals surface area contributed by atoms with E-state index in [2.05, 4.69) is 24.3 Å². The number of benzene rings is 6. The molecule has 1 aliphatic rings. The van der Waals surface area contributed by atoms with Crippen LogP contribution >= 0.6 is 23.0 Å². The van der Waals surface area contributed by atoms with Crippen molar-refractivity contribution in [3.63, 3.8) is 0 Å². The van der Waals surface area contributed by atoms with Crippen molar-refractivity contribution in [1.29, 1.82) is 0 Å². The number of nitrogens with two attached hydrogens (primary N) is 5. The fourth-order valence-corrected chi connectivity index (χ4v) is 17.6. The van der Waals surface area contributed by atoms with Gasteiger partial charge in [0.05, 0.1) is 0 Å². The molecule has 0 bridgehead atoms. The fourth-order valence-electron chi connectivity index (χ4n) is 8.31. The van der Waals surface area contributed by atoms with Gasteiger partial charge in [0.15, 0.2) is 0 Å². The zero-order valence-electron chi connectivity index (χ0n) is 42.1. The number of para-hydroxylation sites is 6. The van der Waals surface area contributed by atoms with Crippen LogP contribution < -0.4 is 55.8 Å². The molecule has 7 rings (SSSR count). The van der Waals surface area contributed by atoms with E-state index in [9.17, 15) is 0 Å². The minimum atomic E-state index is -4.22. The molecule has 1 heterocycles. The van der Waals surface area contributed by atoms with Crippen molar-refractivity contribution in [2.75, 3.05) is 32.7 Å². The minimum absolute atomic E-state index is 0.454. The van der Waals surface area contributed by atoms with Crippen LogP contribution in [0, 0.1) is 0 Å². The Hall–Kier alpha value is -5.39. The molecule has 0 aliphatic carbocycles. The summed E-state index contributed by atoms with van der Waals surface area (Å²) in [6, 6.07) is 49.0. The molecule has 6 aromatic carbocycles. The van der Waals surface area contributed by atoms with Gasteiger partial charge >= 0.3 is 23.0 Å². The summed E-state index contributed by atoms with van der Waals surface area (Å²) in [6.07, 6.45) is 11.7. The lowest BCUT2D eigenvalue weighted by Crippen LogP contribution is -2.13. The van der Waals surface area contributed by atoms with Gasteiger partial charge in [-0.05, 0) is 199 Å². The average molecular weight is 1050 g/mol. The normalized spacial score (nSPS) is 15.5. The highest BCUT2D eigenvalue weighted by Gasteiger charge is 2.49. The van der Waals surface area contributed by atoms with Crippen molar-refractivity contribution in [1.82, 2.24) is 0 Å². The van der Waals surface area contributed by atoms with E-state index < -0.39 is 23.0 Å². The first-order valence-corrected chi connectivity index (χ1v) is 30.5. The number of rotatable bonds is 32. The highest BCUT2D eigenvalue weighted by molar-refractivity contribution is 7.79. The van der Waals surface area contributed by atoms with Crippen molar-refractivity contribution < 1.29 is 27.1 Å². The van der Waals surface area contributed by atoms with Crippen LogP contribution in [-0.2, 0) is 32.1 Å². The Morgan fingerprint density at radius 3 is 0.726 bits per heavy atom. The topological polar surface area (TPSA) is 223 Å². The van der Waals surface area contributed by atoms with Crippen LogP contribution in [0.25, 0.3) is 0 Å². The Kier molecular flexibility index (Phi) is 21.9. The van der Waals surface area contributed by atoms with Crippen LogP contribution in [0.4, 0.5) is 0 Å². The lowest BCUT2D eigenvalue weighted by Gasteiger charge is -2.34. The second-order valence-electron chi connectivity index (χ2n) is 17.9. The predicted molar refractivity (Wildman–Crippen MR) is 300 cm³/mol. The van der Waals surface area contributed by atoms with Crippen molar-refractivity contribution >= 4 is 23.0 Å². The maximum atomic E-state index is 7.52. The summed E-state index contributed by atoms with van der Waals surface area (Å²) in [7, 11) is -12.6. The van der Waals surface area contributed by atoms with Crippen LogP contribution in [0.2, 0.25) is 0 Å². The van der Waals surface area contributed by atoms with Gasteiger partial charge in [-0.25, -0.2) is 0 Å². The first-order chi connectivity index (χ1) is 35.8. The van der Waals surface area contributed by atoms with E-state index >= 15 is 0 Å². The van der Waals surface area contributed by atoms with Crippen molar-refractivity contribution in [2.24, 2.45) is 42.2 Å². The van der Waals surface area contributed by atoms with Gasteiger partial charge in [-0.1, -0.05) is 123 Å². The maximum Gasteiger partial charge on any atom is 0.460 e. The quantitative estimate of drug-likeness (QED) is 0.0197. The van der Waals surface area contributed by atoms with E-state index in [0.717, 1.165) is 92.0 Å². The number of hydrogen-bond acceptors (Lipinski definition) is 14. The fraction of sp³-hybridized carbons (Fsp3) is 0.357. The third kappa shape index (κ3) is 16.3. The number of unbranched alkanes of at least 4 members (excludes halogenated alkanes) is 5. The summed E-state index contributed by atoms with van der Waals surface area (Å²) in [5.41, 5.74) is 34.8. The molecule has 0 saturated carbocycles. The van der Waals surface area contributed by atoms with Crippen LogP contribution in [0.5, 0.6) is 34.5 Å². The van der Waals surface area contributed by atoms with Gasteiger partial charge in [-0.2, -0.15) is 0 Å². The van der Waals surface area contributed by atoms with E-state index in [1.807, 2.05) is 127 Å². The second-order valence-corrected chi connectivity index (χ2v) is 24.1. The SMILES string of the molecule is NCCCCc1ccccc1OP1(Oc2ccccc2)=NP(Oc2ccccc2CCCCN)(Oc2ccccc2CCCCN)=NP(Oc2ccccc2CCCCN)(Oc2ccccc2CCCCN)=N1. The van der Waals surface area contributed by atoms with Crippen molar-refractivity contribution in [3.05, 3.63) is 179 Å². The van der Waals surface area contributed by atoms with E-state index in [1.54, 1.807) is 0 Å². The third-order valence-electron chi connectivity index (χ3n) is 12.1. The molecular weight excluding hydrogens is 974 g/mol. The molecular formula is C56H75N8O6P3. The zero-order valence-corrected chi connectivity index (χ0v) is 44.8. The lowest BCUT2D eigenvalue weighted by atomic mass is 10.1. The summed E-state index contributed by atoms with van der Waals surface area (Å²) < 4.78 is 61.8. The molecule has 73 heavy (non-hydrogen) atoms. The smallest absolute Gasteiger partial charge is 0.413 e. The standard InChI is InChI=1S/C56H75N8O6P3/c57-41-19-14-29-46-24-4-9-36-52(46)66-71(65-51-34-2-1-3-35-51)62-72(67-53-37-10-5-25-47(53)30-15-20-42-58,68-54-38-11-6-26-48(54)31-16-21-43-59)64-73(63-71,69-55-39-12-7-27-49(55)32-17-22-44-60)70-56-40-13-8-28-50(56)33-18-23-45-61/h1-13,24-28,34-40H,14-23,29-33,41-45,57-61H2. The minimum Gasteiger partial charge on any atom is -0.413 e. The third-order valence-corrected chi connectivity index (χ3v) is 20.1. The van der Waals surface area contributed by atoms with Crippen LogP contribution in [-0.4, -0.2) is 32.7 Å². The molecule has 1 aliphatic heterocycles. The molecule has 17 heteroatoms. The molecule has 390 valence electrons. The molecule has 0 fully saturated rings. The zero-order chi connectivity index (χ0) is 51.0. The molecule has 10 N–H and O–H groups in total. The molecule has 6 aromatic rings. The van der Waals surface area contributed by atoms with Crippen LogP contribution in [0.1, 0.15) is 92.0 Å². The Balaban J connectivity index is 1.61. The van der Waals surface area contributed by atoms with Gasteiger partial charge < -0.3 is 55.8 Å². The van der Waals surface area contributed by atoms with Gasteiger partial charge in [-0.15, -0.1) is 0 Å². The maximum absolute atomic E-state index is 7.52. The second kappa shape index (κ2) is 28.9. The monoisotopic (exact) mass is 1050 g/mol. The lowest BCUT2D eigenvalue weighted by molar-refractivity contribution is 0.437. The molecule has 1 unspecified atom stereocenters. The van der Waals surface area contributed by atoms with Gasteiger partial charge in [0.1, 0.15) is 34.5 Å². The molecule has 0 amide bonds. The first kappa shape index (κ1) is 55.4. The highest BCUT2D eigenvalue weighted by atomic mass is 31.3. The summed E-state index contributed by atoms with van der Waals surface area (Å²) in [4.78, 5) is 0. The first-order valence-electron chi connectivity index (χ1n) is 25.9. The largest absolute Gasteiger partial charge is 0.460 e. The number of nitrogens with zero attached hydrogens (tertiary/aromatic N) is 3. The van der Waals surface area contributed by atoms with E-state index in [1.165, 1.54) is 0 Å². The predicted octanol–water partition coefficient (Wildman–Crippen LogP) is 13.7.